The van der Waals surface area contributed by atoms with E-state index in [2.05, 4.69) is 27.4 Å². The molecule has 3 saturated carbocycles. The van der Waals surface area contributed by atoms with E-state index in [4.69, 9.17) is 21.6 Å². The summed E-state index contributed by atoms with van der Waals surface area (Å²) in [6.45, 7) is 11.6. The van der Waals surface area contributed by atoms with Crippen LogP contribution in [0.4, 0.5) is 30.4 Å². The van der Waals surface area contributed by atoms with Crippen LogP contribution in [0.3, 0.4) is 0 Å². The standard InChI is InChI=1S/C40H44ClF3N8O2/c1-20(2)51-19-46-28-13-26(47-35(33(28)51)48-27-12-25(30(41)32(44)31(27)43)36(53)49-40(18-42)7-8-40)22-11-29-34(45-16-22)38(3,4)37(54)52(29)24-14-39(5,15-24)50-9-6-21-10-23(21)17-50/h11-13,16,19-21,23-24H,6-10,14-15,17-18H2,1-5H3,(H,47,48)(H,49,53)/t21?,23-,24?,39?/m1/s1. The number of nitrogens with zero attached hydrogens (tertiary/aromatic N) is 6. The fourth-order valence-corrected chi connectivity index (χ4v) is 9.25. The van der Waals surface area contributed by atoms with E-state index in [-0.39, 0.29) is 40.6 Å². The van der Waals surface area contributed by atoms with Crippen LogP contribution in [0.5, 0.6) is 0 Å². The molecule has 5 aliphatic rings. The van der Waals surface area contributed by atoms with Crippen molar-refractivity contribution in [3.63, 3.8) is 0 Å². The normalized spacial score (nSPS) is 26.4. The molecule has 14 heteroatoms. The smallest absolute Gasteiger partial charge is 0.253 e. The molecule has 1 saturated heterocycles. The average Bonchev–Trinajstić information content (AvgIpc) is 4.04. The number of anilines is 3. The second-order valence-electron chi connectivity index (χ2n) is 17.3. The van der Waals surface area contributed by atoms with E-state index < -0.39 is 40.2 Å². The summed E-state index contributed by atoms with van der Waals surface area (Å²) in [4.78, 5) is 46.2. The lowest BCUT2D eigenvalue weighted by atomic mass is 9.71. The number of likely N-dealkylation sites (tertiary alicyclic amines) is 1. The second-order valence-corrected chi connectivity index (χ2v) is 17.7. The fourth-order valence-electron chi connectivity index (χ4n) is 9.03. The van der Waals surface area contributed by atoms with E-state index in [9.17, 15) is 14.0 Å². The lowest BCUT2D eigenvalue weighted by Gasteiger charge is -2.55. The lowest BCUT2D eigenvalue weighted by molar-refractivity contribution is -0.124. The third kappa shape index (κ3) is 5.51. The van der Waals surface area contributed by atoms with Crippen LogP contribution in [0.25, 0.3) is 22.3 Å². The van der Waals surface area contributed by atoms with Gasteiger partial charge in [0, 0.05) is 35.9 Å². The number of aromatic nitrogens is 4. The number of imidazole rings is 1. The Balaban J connectivity index is 1.08. The molecule has 3 aliphatic carbocycles. The van der Waals surface area contributed by atoms with E-state index in [0.717, 1.165) is 49.5 Å². The van der Waals surface area contributed by atoms with Crippen LogP contribution < -0.4 is 15.5 Å². The number of alkyl halides is 1. The van der Waals surface area contributed by atoms with E-state index in [1.54, 1.807) is 18.6 Å². The summed E-state index contributed by atoms with van der Waals surface area (Å²) in [5.41, 5.74) is 1.11. The van der Waals surface area contributed by atoms with Gasteiger partial charge in [-0.1, -0.05) is 11.6 Å². The number of carbonyl (C=O) groups excluding carboxylic acids is 2. The van der Waals surface area contributed by atoms with Crippen LogP contribution >= 0.6 is 11.6 Å². The van der Waals surface area contributed by atoms with E-state index in [0.29, 0.717) is 40.8 Å². The average molecular weight is 761 g/mol. The minimum Gasteiger partial charge on any atom is -0.344 e. The van der Waals surface area contributed by atoms with Crippen molar-refractivity contribution in [2.24, 2.45) is 11.8 Å². The number of carbonyl (C=O) groups is 2. The summed E-state index contributed by atoms with van der Waals surface area (Å²) >= 11 is 6.13. The molecule has 2 aliphatic heterocycles. The Morgan fingerprint density at radius 3 is 2.52 bits per heavy atom. The van der Waals surface area contributed by atoms with E-state index in [1.165, 1.54) is 12.8 Å². The zero-order chi connectivity index (χ0) is 38.1. The lowest BCUT2D eigenvalue weighted by Crippen LogP contribution is -2.64. The number of piperidine rings is 1. The van der Waals surface area contributed by atoms with Crippen molar-refractivity contribution in [3.8, 4) is 11.3 Å². The number of hydrogen-bond acceptors (Lipinski definition) is 7. The summed E-state index contributed by atoms with van der Waals surface area (Å²) in [7, 11) is 0. The third-order valence-electron chi connectivity index (χ3n) is 12.8. The number of amides is 2. The number of rotatable bonds is 9. The highest BCUT2D eigenvalue weighted by Crippen LogP contribution is 2.53. The SMILES string of the molecule is CC(C)n1cnc2cc(-c3cnc4c(c3)N(C3CC(C)(N5CCC6C[C@@H]6C5)C3)C(=O)C4(C)C)nc(Nc3cc(C(=O)NC4(CF)CC4)c(Cl)c(F)c3F)c21. The predicted molar refractivity (Wildman–Crippen MR) is 201 cm³/mol. The number of fused-ring (bicyclic) bond motifs is 3. The van der Waals surface area contributed by atoms with Gasteiger partial charge in [0.25, 0.3) is 5.91 Å². The highest BCUT2D eigenvalue weighted by atomic mass is 35.5. The number of halogens is 4. The first kappa shape index (κ1) is 35.5. The van der Waals surface area contributed by atoms with E-state index in [1.807, 2.05) is 43.2 Å². The zero-order valence-corrected chi connectivity index (χ0v) is 31.8. The van der Waals surface area contributed by atoms with Crippen molar-refractivity contribution in [2.45, 2.75) is 102 Å². The number of nitrogens with one attached hydrogen (secondary N) is 2. The topological polar surface area (TPSA) is 108 Å². The second kappa shape index (κ2) is 12.1. The van der Waals surface area contributed by atoms with Gasteiger partial charge in [0.2, 0.25) is 5.91 Å². The Labute approximate surface area is 316 Å². The molecule has 3 aromatic heterocycles. The number of pyridine rings is 2. The molecule has 1 aromatic carbocycles. The maximum Gasteiger partial charge on any atom is 0.253 e. The third-order valence-corrected chi connectivity index (χ3v) is 13.2. The molecule has 2 N–H and O–H groups in total. The van der Waals surface area contributed by atoms with Crippen molar-refractivity contribution in [2.75, 3.05) is 30.0 Å². The fraction of sp³-hybridized carbons (Fsp3) is 0.525. The monoisotopic (exact) mass is 760 g/mol. The first-order valence-electron chi connectivity index (χ1n) is 18.9. The maximum absolute atomic E-state index is 15.6. The molecule has 0 bridgehead atoms. The van der Waals surface area contributed by atoms with Crippen LogP contribution in [-0.2, 0) is 10.2 Å². The molecule has 1 unspecified atom stereocenters. The van der Waals surface area contributed by atoms with Gasteiger partial charge in [-0.25, -0.2) is 23.1 Å². The Hall–Kier alpha value is -4.23. The van der Waals surface area contributed by atoms with Crippen LogP contribution in [0.1, 0.15) is 95.2 Å². The first-order valence-corrected chi connectivity index (χ1v) is 19.3. The summed E-state index contributed by atoms with van der Waals surface area (Å²) in [5.74, 6) is -1.61. The molecule has 4 aromatic rings. The maximum atomic E-state index is 15.6. The summed E-state index contributed by atoms with van der Waals surface area (Å²) in [6, 6.07) is 4.84. The molecule has 2 atom stereocenters. The minimum absolute atomic E-state index is 0.0238. The zero-order valence-electron chi connectivity index (χ0n) is 31.1. The molecule has 54 heavy (non-hydrogen) atoms. The van der Waals surface area contributed by atoms with Gasteiger partial charge < -0.3 is 20.1 Å². The van der Waals surface area contributed by atoms with Crippen molar-refractivity contribution in [1.82, 2.24) is 29.7 Å². The minimum atomic E-state index is -1.42. The molecular weight excluding hydrogens is 717 g/mol. The van der Waals surface area contributed by atoms with Crippen molar-refractivity contribution in [3.05, 3.63) is 58.6 Å². The Kier molecular flexibility index (Phi) is 7.97. The van der Waals surface area contributed by atoms with Crippen LogP contribution in [0, 0.1) is 23.5 Å². The van der Waals surface area contributed by atoms with Crippen molar-refractivity contribution < 1.29 is 22.8 Å². The summed E-state index contributed by atoms with van der Waals surface area (Å²) in [6.07, 6.45) is 8.60. The first-order chi connectivity index (χ1) is 25.6. The van der Waals surface area contributed by atoms with Gasteiger partial charge in [0.1, 0.15) is 12.2 Å². The highest BCUT2D eigenvalue weighted by molar-refractivity contribution is 6.34. The molecule has 0 spiro atoms. The molecule has 284 valence electrons. The van der Waals surface area contributed by atoms with Crippen LogP contribution in [0.15, 0.2) is 30.7 Å². The van der Waals surface area contributed by atoms with Gasteiger partial charge in [-0.15, -0.1) is 0 Å². The number of benzene rings is 1. The van der Waals surface area contributed by atoms with Gasteiger partial charge >= 0.3 is 0 Å². The molecule has 10 nitrogen and oxygen atoms in total. The Morgan fingerprint density at radius 2 is 1.83 bits per heavy atom. The molecule has 9 rings (SSSR count). The van der Waals surface area contributed by atoms with Gasteiger partial charge in [-0.2, -0.15) is 0 Å². The summed E-state index contributed by atoms with van der Waals surface area (Å²) < 4.78 is 46.4. The molecule has 4 fully saturated rings. The van der Waals surface area contributed by atoms with Crippen LogP contribution in [0.2, 0.25) is 5.02 Å². The number of hydrogen-bond donors (Lipinski definition) is 2. The van der Waals surface area contributed by atoms with Crippen LogP contribution in [-0.4, -0.2) is 73.1 Å². The van der Waals surface area contributed by atoms with Gasteiger partial charge in [0.05, 0.1) is 56.1 Å². The Bertz CT molecular complexity index is 2250. The highest BCUT2D eigenvalue weighted by Gasteiger charge is 2.56. The quantitative estimate of drug-likeness (QED) is 0.167. The van der Waals surface area contributed by atoms with Gasteiger partial charge in [-0.3, -0.25) is 19.5 Å². The van der Waals surface area contributed by atoms with Gasteiger partial charge in [-0.05, 0) is 110 Å². The summed E-state index contributed by atoms with van der Waals surface area (Å²) in [5, 5.41) is 4.82. The molecular formula is C40H44ClF3N8O2. The molecule has 2 amide bonds. The van der Waals surface area contributed by atoms with Crippen molar-refractivity contribution in [1.29, 1.82) is 0 Å². The predicted octanol–water partition coefficient (Wildman–Crippen LogP) is 7.87. The van der Waals surface area contributed by atoms with Gasteiger partial charge in [0.15, 0.2) is 17.5 Å². The largest absolute Gasteiger partial charge is 0.344 e. The molecule has 5 heterocycles. The van der Waals surface area contributed by atoms with Crippen molar-refractivity contribution >= 4 is 51.6 Å². The Morgan fingerprint density at radius 1 is 1.07 bits per heavy atom. The molecule has 0 radical (unpaired) electrons. The van der Waals surface area contributed by atoms with E-state index >= 15 is 8.78 Å².